The summed E-state index contributed by atoms with van der Waals surface area (Å²) in [5, 5.41) is 14.5. The van der Waals surface area contributed by atoms with Gasteiger partial charge in [0.2, 0.25) is 6.79 Å². The predicted octanol–water partition coefficient (Wildman–Crippen LogP) is 6.66. The molecule has 0 radical (unpaired) electrons. The number of hydrogen-bond donors (Lipinski definition) is 2. The standard InChI is InChI=1S/C37H48F2N4O9/c1-4-47-14-5-15-48-16-17-49-18-19-50-36(45)52-24-51-35(44)26-6-9-29(10-7-26)37(3,46)31-11-8-28(23-41-31)30-20-25(2)21-33(42-30)43-32-22-27(34(38)39)12-13-40-32/h8,11-13,20-23,26,29,34,46H,4-7,9-10,14-19,24H2,1-3H3,(H,40,42,43)/t26?,29?,37-/m1/s1. The fraction of sp³-hybridized carbons (Fsp3) is 0.541. The van der Waals surface area contributed by atoms with Crippen LogP contribution < -0.4 is 5.32 Å². The Labute approximate surface area is 302 Å². The molecule has 0 unspecified atom stereocenters. The molecule has 15 heteroatoms. The van der Waals surface area contributed by atoms with Gasteiger partial charge in [-0.3, -0.25) is 9.78 Å². The van der Waals surface area contributed by atoms with Crippen molar-refractivity contribution in [2.75, 3.05) is 58.4 Å². The third kappa shape index (κ3) is 12.7. The molecule has 4 rings (SSSR count). The molecule has 0 aromatic carbocycles. The van der Waals surface area contributed by atoms with Gasteiger partial charge in [0.15, 0.2) is 0 Å². The molecular formula is C37H48F2N4O9. The molecule has 1 atom stereocenters. The first-order valence-corrected chi connectivity index (χ1v) is 17.4. The number of aryl methyl sites for hydroxylation is 1. The van der Waals surface area contributed by atoms with Gasteiger partial charge < -0.3 is 38.8 Å². The Balaban J connectivity index is 1.16. The van der Waals surface area contributed by atoms with Gasteiger partial charge in [0.25, 0.3) is 6.43 Å². The van der Waals surface area contributed by atoms with Crippen molar-refractivity contribution in [1.29, 1.82) is 0 Å². The Kier molecular flexibility index (Phi) is 16.1. The molecule has 3 aromatic heterocycles. The number of aliphatic hydroxyl groups is 1. The summed E-state index contributed by atoms with van der Waals surface area (Å²) in [5.74, 6) is -0.326. The van der Waals surface area contributed by atoms with Gasteiger partial charge in [-0.2, -0.15) is 0 Å². The van der Waals surface area contributed by atoms with Crippen LogP contribution in [0.3, 0.4) is 0 Å². The normalized spacial score (nSPS) is 17.0. The minimum atomic E-state index is -2.61. The zero-order chi connectivity index (χ0) is 37.3. The molecular weight excluding hydrogens is 682 g/mol. The van der Waals surface area contributed by atoms with Gasteiger partial charge >= 0.3 is 12.1 Å². The minimum Gasteiger partial charge on any atom is -0.432 e. The monoisotopic (exact) mass is 730 g/mol. The summed E-state index contributed by atoms with van der Waals surface area (Å²) in [6.07, 6.45) is 2.30. The second kappa shape index (κ2) is 20.7. The van der Waals surface area contributed by atoms with E-state index in [2.05, 4.69) is 20.3 Å². The van der Waals surface area contributed by atoms with Crippen molar-refractivity contribution in [3.63, 3.8) is 0 Å². The summed E-state index contributed by atoms with van der Waals surface area (Å²) in [6.45, 7) is 7.87. The predicted molar refractivity (Wildman–Crippen MR) is 186 cm³/mol. The summed E-state index contributed by atoms with van der Waals surface area (Å²) >= 11 is 0. The second-order valence-corrected chi connectivity index (χ2v) is 12.5. The zero-order valence-electron chi connectivity index (χ0n) is 29.9. The molecule has 2 N–H and O–H groups in total. The van der Waals surface area contributed by atoms with Crippen LogP contribution in [-0.2, 0) is 38.8 Å². The van der Waals surface area contributed by atoms with Gasteiger partial charge in [-0.1, -0.05) is 0 Å². The van der Waals surface area contributed by atoms with E-state index in [0.29, 0.717) is 81.5 Å². The molecule has 52 heavy (non-hydrogen) atoms. The van der Waals surface area contributed by atoms with Crippen molar-refractivity contribution in [2.45, 2.75) is 64.9 Å². The summed E-state index contributed by atoms with van der Waals surface area (Å²) in [7, 11) is 0. The van der Waals surface area contributed by atoms with Crippen LogP contribution in [-0.4, -0.2) is 85.2 Å². The Morgan fingerprint density at radius 3 is 2.35 bits per heavy atom. The molecule has 0 saturated heterocycles. The Morgan fingerprint density at radius 1 is 0.904 bits per heavy atom. The average Bonchev–Trinajstić information content (AvgIpc) is 3.13. The maximum atomic E-state index is 13.1. The lowest BCUT2D eigenvalue weighted by atomic mass is 9.73. The lowest BCUT2D eigenvalue weighted by Gasteiger charge is -2.37. The second-order valence-electron chi connectivity index (χ2n) is 12.5. The summed E-state index contributed by atoms with van der Waals surface area (Å²) in [6, 6.07) is 9.77. The summed E-state index contributed by atoms with van der Waals surface area (Å²) in [5.41, 5.74) is 1.29. The van der Waals surface area contributed by atoms with Crippen LogP contribution in [0.5, 0.6) is 0 Å². The Bertz CT molecular complexity index is 1550. The van der Waals surface area contributed by atoms with Gasteiger partial charge in [0.05, 0.1) is 37.1 Å². The van der Waals surface area contributed by atoms with Crippen molar-refractivity contribution < 1.29 is 51.9 Å². The zero-order valence-corrected chi connectivity index (χ0v) is 29.9. The van der Waals surface area contributed by atoms with Crippen LogP contribution in [0.2, 0.25) is 0 Å². The number of alkyl halides is 2. The van der Waals surface area contributed by atoms with Crippen LogP contribution >= 0.6 is 0 Å². The van der Waals surface area contributed by atoms with E-state index in [4.69, 9.17) is 28.4 Å². The Hall–Kier alpha value is -4.31. The number of halogens is 2. The molecule has 284 valence electrons. The molecule has 0 aliphatic heterocycles. The van der Waals surface area contributed by atoms with Crippen LogP contribution in [0.15, 0.2) is 48.8 Å². The lowest BCUT2D eigenvalue weighted by molar-refractivity contribution is -0.160. The fourth-order valence-corrected chi connectivity index (χ4v) is 5.82. The number of ether oxygens (including phenoxy) is 6. The van der Waals surface area contributed by atoms with Crippen molar-refractivity contribution in [1.82, 2.24) is 15.0 Å². The molecule has 0 amide bonds. The van der Waals surface area contributed by atoms with E-state index >= 15 is 0 Å². The maximum Gasteiger partial charge on any atom is 0.511 e. The van der Waals surface area contributed by atoms with E-state index in [1.807, 2.05) is 26.0 Å². The van der Waals surface area contributed by atoms with Crippen molar-refractivity contribution >= 4 is 23.8 Å². The van der Waals surface area contributed by atoms with E-state index in [1.165, 1.54) is 18.3 Å². The number of aromatic nitrogens is 3. The van der Waals surface area contributed by atoms with E-state index in [0.717, 1.165) is 12.0 Å². The number of carbonyl (C=O) groups is 2. The summed E-state index contributed by atoms with van der Waals surface area (Å²) in [4.78, 5) is 37.7. The molecule has 1 aliphatic carbocycles. The van der Waals surface area contributed by atoms with E-state index < -0.39 is 30.9 Å². The number of anilines is 2. The maximum absolute atomic E-state index is 13.1. The smallest absolute Gasteiger partial charge is 0.432 e. The Morgan fingerprint density at radius 2 is 1.63 bits per heavy atom. The first-order chi connectivity index (χ1) is 25.1. The number of carbonyl (C=O) groups excluding carboxylic acids is 2. The highest BCUT2D eigenvalue weighted by Crippen LogP contribution is 2.41. The molecule has 3 heterocycles. The highest BCUT2D eigenvalue weighted by atomic mass is 19.3. The number of pyridine rings is 3. The molecule has 1 fully saturated rings. The van der Waals surface area contributed by atoms with E-state index in [9.17, 15) is 23.5 Å². The molecule has 0 bridgehead atoms. The first kappa shape index (κ1) is 40.5. The number of hydrogen-bond acceptors (Lipinski definition) is 13. The largest absolute Gasteiger partial charge is 0.511 e. The first-order valence-electron chi connectivity index (χ1n) is 17.4. The van der Waals surface area contributed by atoms with Gasteiger partial charge in [-0.25, -0.2) is 23.5 Å². The highest BCUT2D eigenvalue weighted by Gasteiger charge is 2.39. The van der Waals surface area contributed by atoms with Gasteiger partial charge in [0.1, 0.15) is 23.8 Å². The van der Waals surface area contributed by atoms with Gasteiger partial charge in [0, 0.05) is 43.3 Å². The average molecular weight is 731 g/mol. The van der Waals surface area contributed by atoms with Crippen molar-refractivity contribution in [3.8, 4) is 11.3 Å². The summed E-state index contributed by atoms with van der Waals surface area (Å²) < 4.78 is 57.1. The van der Waals surface area contributed by atoms with E-state index in [1.54, 1.807) is 25.3 Å². The number of nitrogens with zero attached hydrogens (tertiary/aromatic N) is 3. The molecule has 0 spiro atoms. The molecule has 1 aliphatic rings. The van der Waals surface area contributed by atoms with Crippen LogP contribution in [0, 0.1) is 18.8 Å². The minimum absolute atomic E-state index is 0.0134. The number of esters is 1. The molecule has 13 nitrogen and oxygen atoms in total. The van der Waals surface area contributed by atoms with Crippen LogP contribution in [0.4, 0.5) is 25.2 Å². The van der Waals surface area contributed by atoms with E-state index in [-0.39, 0.29) is 36.4 Å². The molecule has 3 aromatic rings. The highest BCUT2D eigenvalue weighted by molar-refractivity contribution is 5.72. The third-order valence-electron chi connectivity index (χ3n) is 8.67. The third-order valence-corrected chi connectivity index (χ3v) is 8.67. The van der Waals surface area contributed by atoms with Gasteiger partial charge in [-0.05, 0) is 101 Å². The van der Waals surface area contributed by atoms with Gasteiger partial charge in [-0.15, -0.1) is 0 Å². The topological polar surface area (TPSA) is 160 Å². The number of nitrogens with one attached hydrogen (secondary N) is 1. The fourth-order valence-electron chi connectivity index (χ4n) is 5.82. The van der Waals surface area contributed by atoms with Crippen LogP contribution in [0.25, 0.3) is 11.3 Å². The number of rotatable bonds is 20. The quantitative estimate of drug-likeness (QED) is 0.0723. The SMILES string of the molecule is CCOCCCOCCOCCOC(=O)OCOC(=O)C1CCC([C@@](C)(O)c2ccc(-c3cc(C)cc(Nc4cc(C(F)F)ccn4)n3)cn2)CC1. The van der Waals surface area contributed by atoms with Crippen LogP contribution in [0.1, 0.15) is 69.2 Å². The lowest BCUT2D eigenvalue weighted by Crippen LogP contribution is -2.37. The van der Waals surface area contributed by atoms with Crippen molar-refractivity contribution in [2.24, 2.45) is 11.8 Å². The molecule has 1 saturated carbocycles. The van der Waals surface area contributed by atoms with Crippen molar-refractivity contribution in [3.05, 3.63) is 65.6 Å².